The summed E-state index contributed by atoms with van der Waals surface area (Å²) in [6.45, 7) is 2.09. The van der Waals surface area contributed by atoms with Gasteiger partial charge in [0.2, 0.25) is 12.7 Å². The molecule has 0 spiro atoms. The number of fused-ring (bicyclic) bond motifs is 1. The Bertz CT molecular complexity index is 699. The predicted octanol–water partition coefficient (Wildman–Crippen LogP) is 1.39. The smallest absolute Gasteiger partial charge is 0.254 e. The number of carbonyl (C=O) groups is 2. The second kappa shape index (κ2) is 7.72. The molecule has 0 aromatic heterocycles. The summed E-state index contributed by atoms with van der Waals surface area (Å²) in [6, 6.07) is 4.82. The van der Waals surface area contributed by atoms with Crippen LogP contribution in [0.1, 0.15) is 36.0 Å². The molecule has 7 nitrogen and oxygen atoms in total. The van der Waals surface area contributed by atoms with Crippen molar-refractivity contribution in [3.8, 4) is 11.5 Å². The maximum Gasteiger partial charge on any atom is 0.254 e. The van der Waals surface area contributed by atoms with Gasteiger partial charge < -0.3 is 25.0 Å². The zero-order valence-corrected chi connectivity index (χ0v) is 15.4. The molecular formula is C18H24ClN3O4. The lowest BCUT2D eigenvalue weighted by atomic mass is 10.0. The molecule has 8 heteroatoms. The molecule has 2 saturated heterocycles. The molecule has 0 bridgehead atoms. The standard InChI is InChI=1S/C18H23N3O4.ClH/c19-13-3-1-7-20(10-13)18(23)14-4-2-8-21(14)17(22)12-5-6-15-16(9-12)25-11-24-15;/h5-6,9,13-14H,1-4,7-8,10-11,19H2;1H. The number of hydrogen-bond acceptors (Lipinski definition) is 5. The third-order valence-electron chi connectivity index (χ3n) is 5.19. The second-order valence-corrected chi connectivity index (χ2v) is 6.91. The highest BCUT2D eigenvalue weighted by Crippen LogP contribution is 2.33. The normalized spacial score (nSPS) is 24.3. The third kappa shape index (κ3) is 3.46. The Morgan fingerprint density at radius 1 is 1.08 bits per heavy atom. The van der Waals surface area contributed by atoms with Gasteiger partial charge in [0.05, 0.1) is 0 Å². The van der Waals surface area contributed by atoms with Crippen LogP contribution in [0.5, 0.6) is 11.5 Å². The molecule has 2 unspecified atom stereocenters. The van der Waals surface area contributed by atoms with Crippen LogP contribution in [0.3, 0.4) is 0 Å². The Balaban J connectivity index is 0.00000196. The number of hydrogen-bond donors (Lipinski definition) is 1. The van der Waals surface area contributed by atoms with Gasteiger partial charge in [-0.1, -0.05) is 0 Å². The van der Waals surface area contributed by atoms with Gasteiger partial charge in [-0.05, 0) is 43.9 Å². The quantitative estimate of drug-likeness (QED) is 0.836. The highest BCUT2D eigenvalue weighted by molar-refractivity contribution is 5.98. The molecule has 1 aromatic rings. The van der Waals surface area contributed by atoms with E-state index >= 15 is 0 Å². The number of amides is 2. The minimum Gasteiger partial charge on any atom is -0.454 e. The lowest BCUT2D eigenvalue weighted by Gasteiger charge is -2.35. The molecule has 0 saturated carbocycles. The van der Waals surface area contributed by atoms with E-state index in [9.17, 15) is 9.59 Å². The van der Waals surface area contributed by atoms with Gasteiger partial charge >= 0.3 is 0 Å². The molecule has 3 heterocycles. The van der Waals surface area contributed by atoms with Crippen molar-refractivity contribution in [3.63, 3.8) is 0 Å². The van der Waals surface area contributed by atoms with Crippen LogP contribution in [-0.4, -0.2) is 60.1 Å². The summed E-state index contributed by atoms with van der Waals surface area (Å²) in [5.74, 6) is 1.13. The van der Waals surface area contributed by atoms with Crippen molar-refractivity contribution in [2.75, 3.05) is 26.4 Å². The Kier molecular flexibility index (Phi) is 5.58. The van der Waals surface area contributed by atoms with Crippen LogP contribution in [0.25, 0.3) is 0 Å². The van der Waals surface area contributed by atoms with Crippen molar-refractivity contribution in [2.45, 2.75) is 37.8 Å². The SMILES string of the molecule is Cl.NC1CCCN(C(=O)C2CCCN2C(=O)c2ccc3c(c2)OCO3)C1. The highest BCUT2D eigenvalue weighted by Gasteiger charge is 2.38. The molecular weight excluding hydrogens is 358 g/mol. The highest BCUT2D eigenvalue weighted by atomic mass is 35.5. The largest absolute Gasteiger partial charge is 0.454 e. The van der Waals surface area contributed by atoms with Crippen molar-refractivity contribution in [1.29, 1.82) is 0 Å². The Hall–Kier alpha value is -1.99. The van der Waals surface area contributed by atoms with Crippen molar-refractivity contribution >= 4 is 24.2 Å². The van der Waals surface area contributed by atoms with Crippen molar-refractivity contribution in [3.05, 3.63) is 23.8 Å². The number of piperidine rings is 1. The number of carbonyl (C=O) groups excluding carboxylic acids is 2. The summed E-state index contributed by atoms with van der Waals surface area (Å²) < 4.78 is 10.6. The summed E-state index contributed by atoms with van der Waals surface area (Å²) in [5.41, 5.74) is 6.53. The van der Waals surface area contributed by atoms with E-state index in [1.165, 1.54) is 0 Å². The first-order valence-electron chi connectivity index (χ1n) is 8.88. The maximum absolute atomic E-state index is 12.9. The third-order valence-corrected chi connectivity index (χ3v) is 5.19. The maximum atomic E-state index is 12.9. The van der Waals surface area contributed by atoms with Gasteiger partial charge in [-0.15, -0.1) is 12.4 Å². The molecule has 0 aliphatic carbocycles. The molecule has 142 valence electrons. The van der Waals surface area contributed by atoms with Crippen molar-refractivity contribution < 1.29 is 19.1 Å². The van der Waals surface area contributed by atoms with Crippen LogP contribution >= 0.6 is 12.4 Å². The van der Waals surface area contributed by atoms with Crippen LogP contribution in [0.4, 0.5) is 0 Å². The first-order chi connectivity index (χ1) is 12.1. The summed E-state index contributed by atoms with van der Waals surface area (Å²) >= 11 is 0. The topological polar surface area (TPSA) is 85.1 Å². The molecule has 3 aliphatic heterocycles. The minimum absolute atomic E-state index is 0. The second-order valence-electron chi connectivity index (χ2n) is 6.91. The average Bonchev–Trinajstić information content (AvgIpc) is 3.29. The van der Waals surface area contributed by atoms with E-state index in [1.807, 2.05) is 4.90 Å². The van der Waals surface area contributed by atoms with Crippen LogP contribution in [-0.2, 0) is 4.79 Å². The van der Waals surface area contributed by atoms with E-state index in [-0.39, 0.29) is 43.1 Å². The molecule has 1 aromatic carbocycles. The monoisotopic (exact) mass is 381 g/mol. The van der Waals surface area contributed by atoms with Gasteiger partial charge in [-0.3, -0.25) is 9.59 Å². The zero-order valence-electron chi connectivity index (χ0n) is 14.6. The van der Waals surface area contributed by atoms with E-state index in [0.29, 0.717) is 36.6 Å². The van der Waals surface area contributed by atoms with Gasteiger partial charge in [0.1, 0.15) is 6.04 Å². The van der Waals surface area contributed by atoms with E-state index in [2.05, 4.69) is 0 Å². The molecule has 3 aliphatic rings. The molecule has 2 N–H and O–H groups in total. The van der Waals surface area contributed by atoms with Crippen LogP contribution in [0, 0.1) is 0 Å². The first kappa shape index (κ1) is 18.8. The molecule has 2 atom stereocenters. The van der Waals surface area contributed by atoms with Crippen LogP contribution in [0.2, 0.25) is 0 Å². The molecule has 2 fully saturated rings. The molecule has 2 amide bonds. The van der Waals surface area contributed by atoms with E-state index in [4.69, 9.17) is 15.2 Å². The fraction of sp³-hybridized carbons (Fsp3) is 0.556. The fourth-order valence-electron chi connectivity index (χ4n) is 3.88. The van der Waals surface area contributed by atoms with Crippen LogP contribution < -0.4 is 15.2 Å². The van der Waals surface area contributed by atoms with Gasteiger partial charge in [0.15, 0.2) is 11.5 Å². The minimum atomic E-state index is -0.386. The predicted molar refractivity (Wildman–Crippen MR) is 97.7 cm³/mol. The van der Waals surface area contributed by atoms with Crippen molar-refractivity contribution in [1.82, 2.24) is 9.80 Å². The lowest BCUT2D eigenvalue weighted by Crippen LogP contribution is -2.53. The zero-order chi connectivity index (χ0) is 17.4. The molecule has 0 radical (unpaired) electrons. The number of rotatable bonds is 2. The average molecular weight is 382 g/mol. The van der Waals surface area contributed by atoms with Gasteiger partial charge in [-0.25, -0.2) is 0 Å². The molecule has 26 heavy (non-hydrogen) atoms. The summed E-state index contributed by atoms with van der Waals surface area (Å²) in [7, 11) is 0. The Labute approximate surface area is 158 Å². The Morgan fingerprint density at radius 2 is 1.85 bits per heavy atom. The first-order valence-corrected chi connectivity index (χ1v) is 8.88. The summed E-state index contributed by atoms with van der Waals surface area (Å²) in [6.07, 6.45) is 3.43. The molecule has 4 rings (SSSR count). The summed E-state index contributed by atoms with van der Waals surface area (Å²) in [4.78, 5) is 29.4. The number of nitrogens with zero attached hydrogens (tertiary/aromatic N) is 2. The number of nitrogens with two attached hydrogens (primary N) is 1. The Morgan fingerprint density at radius 3 is 2.65 bits per heavy atom. The van der Waals surface area contributed by atoms with Crippen molar-refractivity contribution in [2.24, 2.45) is 5.73 Å². The van der Waals surface area contributed by atoms with E-state index < -0.39 is 0 Å². The number of benzene rings is 1. The van der Waals surface area contributed by atoms with Gasteiger partial charge in [-0.2, -0.15) is 0 Å². The summed E-state index contributed by atoms with van der Waals surface area (Å²) in [5, 5.41) is 0. The lowest BCUT2D eigenvalue weighted by molar-refractivity contribution is -0.136. The van der Waals surface area contributed by atoms with E-state index in [0.717, 1.165) is 25.8 Å². The van der Waals surface area contributed by atoms with Crippen LogP contribution in [0.15, 0.2) is 18.2 Å². The number of likely N-dealkylation sites (tertiary alicyclic amines) is 2. The van der Waals surface area contributed by atoms with E-state index in [1.54, 1.807) is 23.1 Å². The fourth-order valence-corrected chi connectivity index (χ4v) is 3.88. The van der Waals surface area contributed by atoms with Gasteiger partial charge in [0, 0.05) is 31.2 Å². The van der Waals surface area contributed by atoms with Gasteiger partial charge in [0.25, 0.3) is 5.91 Å². The number of halogens is 1. The number of ether oxygens (including phenoxy) is 2.